The van der Waals surface area contributed by atoms with Crippen molar-refractivity contribution in [1.29, 1.82) is 0 Å². The highest BCUT2D eigenvalue weighted by Crippen LogP contribution is 2.35. The summed E-state index contributed by atoms with van der Waals surface area (Å²) in [6, 6.07) is 29.1. The molecule has 1 aromatic heterocycles. The average molecular weight is 560 g/mol. The molecule has 4 aromatic carbocycles. The molecule has 2 heterocycles. The molecule has 0 aliphatic carbocycles. The quantitative estimate of drug-likeness (QED) is 0.190. The van der Waals surface area contributed by atoms with Gasteiger partial charge in [-0.2, -0.15) is 0 Å². The zero-order chi connectivity index (χ0) is 29.2. The van der Waals surface area contributed by atoms with E-state index in [9.17, 15) is 9.59 Å². The second kappa shape index (κ2) is 11.6. The van der Waals surface area contributed by atoms with Gasteiger partial charge in [-0.05, 0) is 67.8 Å². The lowest BCUT2D eigenvalue weighted by atomic mass is 10.0. The van der Waals surface area contributed by atoms with Crippen molar-refractivity contribution in [2.45, 2.75) is 39.7 Å². The maximum atomic E-state index is 13.9. The molecule has 0 fully saturated rings. The Kier molecular flexibility index (Phi) is 7.53. The van der Waals surface area contributed by atoms with Crippen LogP contribution in [0, 0.1) is 20.8 Å². The van der Waals surface area contributed by atoms with Crippen molar-refractivity contribution >= 4 is 22.8 Å². The SMILES string of the molecule is Cc1ccc2c(c1)[C@H](COc1ccc(C(=O)n3c(C)c(CC(=O)OCc4ccccc4)c4ccccc43)c(C)c1)CO2. The minimum atomic E-state index is -0.333. The number of para-hydroxylation sites is 1. The van der Waals surface area contributed by atoms with Crippen LogP contribution >= 0.6 is 0 Å². The molecule has 1 atom stereocenters. The van der Waals surface area contributed by atoms with Gasteiger partial charge in [0.25, 0.3) is 5.91 Å². The molecule has 0 bridgehead atoms. The summed E-state index contributed by atoms with van der Waals surface area (Å²) in [6.07, 6.45) is 0.0821. The third-order valence-electron chi connectivity index (χ3n) is 7.93. The van der Waals surface area contributed by atoms with Gasteiger partial charge in [-0.25, -0.2) is 0 Å². The number of aryl methyl sites for hydroxylation is 2. The van der Waals surface area contributed by atoms with Crippen molar-refractivity contribution in [3.8, 4) is 11.5 Å². The van der Waals surface area contributed by atoms with Gasteiger partial charge in [-0.1, -0.05) is 66.2 Å². The zero-order valence-corrected chi connectivity index (χ0v) is 24.1. The second-order valence-electron chi connectivity index (χ2n) is 10.9. The van der Waals surface area contributed by atoms with Gasteiger partial charge in [-0.3, -0.25) is 14.2 Å². The first-order chi connectivity index (χ1) is 20.4. The molecule has 0 N–H and O–H groups in total. The molecule has 6 heteroatoms. The van der Waals surface area contributed by atoms with Crippen molar-refractivity contribution in [3.05, 3.63) is 130 Å². The molecule has 6 nitrogen and oxygen atoms in total. The lowest BCUT2D eigenvalue weighted by Crippen LogP contribution is -2.16. The number of aromatic nitrogens is 1. The van der Waals surface area contributed by atoms with E-state index in [1.807, 2.05) is 92.7 Å². The predicted octanol–water partition coefficient (Wildman–Crippen LogP) is 7.10. The maximum Gasteiger partial charge on any atom is 0.310 e. The smallest absolute Gasteiger partial charge is 0.310 e. The molecule has 1 aliphatic heterocycles. The van der Waals surface area contributed by atoms with E-state index in [-0.39, 0.29) is 30.8 Å². The summed E-state index contributed by atoms with van der Waals surface area (Å²) in [7, 11) is 0. The monoisotopic (exact) mass is 559 g/mol. The first-order valence-corrected chi connectivity index (χ1v) is 14.2. The van der Waals surface area contributed by atoms with Gasteiger partial charge >= 0.3 is 5.97 Å². The summed E-state index contributed by atoms with van der Waals surface area (Å²) >= 11 is 0. The zero-order valence-electron chi connectivity index (χ0n) is 24.1. The van der Waals surface area contributed by atoms with Crippen LogP contribution in [0.4, 0.5) is 0 Å². The fraction of sp³-hybridized carbons (Fsp3) is 0.222. The Morgan fingerprint density at radius 2 is 1.69 bits per heavy atom. The van der Waals surface area contributed by atoms with Crippen LogP contribution in [-0.4, -0.2) is 29.7 Å². The fourth-order valence-electron chi connectivity index (χ4n) is 5.67. The Morgan fingerprint density at radius 1 is 0.905 bits per heavy atom. The Hall–Kier alpha value is -4.84. The summed E-state index contributed by atoms with van der Waals surface area (Å²) < 4.78 is 19.2. The van der Waals surface area contributed by atoms with Crippen molar-refractivity contribution in [3.63, 3.8) is 0 Å². The van der Waals surface area contributed by atoms with Crippen LogP contribution in [0.2, 0.25) is 0 Å². The second-order valence-corrected chi connectivity index (χ2v) is 10.9. The van der Waals surface area contributed by atoms with Crippen LogP contribution in [0.15, 0.2) is 91.0 Å². The van der Waals surface area contributed by atoms with E-state index in [0.717, 1.165) is 39.0 Å². The van der Waals surface area contributed by atoms with Crippen molar-refractivity contribution < 1.29 is 23.8 Å². The number of rotatable bonds is 8. The molecule has 0 radical (unpaired) electrons. The summed E-state index contributed by atoms with van der Waals surface area (Å²) in [5, 5.41) is 0.868. The fourth-order valence-corrected chi connectivity index (χ4v) is 5.67. The maximum absolute atomic E-state index is 13.9. The molecule has 42 heavy (non-hydrogen) atoms. The minimum Gasteiger partial charge on any atom is -0.493 e. The van der Waals surface area contributed by atoms with Crippen LogP contribution < -0.4 is 9.47 Å². The van der Waals surface area contributed by atoms with E-state index in [2.05, 4.69) is 19.1 Å². The molecule has 212 valence electrons. The molecular weight excluding hydrogens is 526 g/mol. The van der Waals surface area contributed by atoms with Crippen LogP contribution in [0.3, 0.4) is 0 Å². The number of fused-ring (bicyclic) bond motifs is 2. The number of benzene rings is 4. The van der Waals surface area contributed by atoms with Crippen molar-refractivity contribution in [1.82, 2.24) is 4.57 Å². The van der Waals surface area contributed by atoms with E-state index in [4.69, 9.17) is 14.2 Å². The van der Waals surface area contributed by atoms with E-state index in [0.29, 0.717) is 24.5 Å². The molecule has 1 aliphatic rings. The van der Waals surface area contributed by atoms with Crippen molar-refractivity contribution in [2.24, 2.45) is 0 Å². The van der Waals surface area contributed by atoms with Gasteiger partial charge in [0.1, 0.15) is 18.1 Å². The Balaban J connectivity index is 1.20. The van der Waals surface area contributed by atoms with E-state index < -0.39 is 0 Å². The Labute approximate surface area is 245 Å². The van der Waals surface area contributed by atoms with Crippen LogP contribution in [0.1, 0.15) is 49.8 Å². The minimum absolute atomic E-state index is 0.0821. The lowest BCUT2D eigenvalue weighted by molar-refractivity contribution is -0.144. The van der Waals surface area contributed by atoms with Crippen LogP contribution in [0.25, 0.3) is 10.9 Å². The summed E-state index contributed by atoms with van der Waals surface area (Å²) in [5.41, 5.74) is 6.99. The van der Waals surface area contributed by atoms with Gasteiger partial charge < -0.3 is 14.2 Å². The van der Waals surface area contributed by atoms with Gasteiger partial charge in [0.15, 0.2) is 0 Å². The van der Waals surface area contributed by atoms with Crippen LogP contribution in [0.5, 0.6) is 11.5 Å². The van der Waals surface area contributed by atoms with Crippen LogP contribution in [-0.2, 0) is 22.6 Å². The molecule has 0 unspecified atom stereocenters. The lowest BCUT2D eigenvalue weighted by Gasteiger charge is -2.14. The highest BCUT2D eigenvalue weighted by atomic mass is 16.5. The van der Waals surface area contributed by atoms with Gasteiger partial charge in [-0.15, -0.1) is 0 Å². The summed E-state index contributed by atoms with van der Waals surface area (Å²) in [4.78, 5) is 26.8. The van der Waals surface area contributed by atoms with E-state index in [1.165, 1.54) is 11.1 Å². The number of nitrogens with zero attached hydrogens (tertiary/aromatic N) is 1. The highest BCUT2D eigenvalue weighted by Gasteiger charge is 2.26. The molecule has 0 saturated heterocycles. The van der Waals surface area contributed by atoms with E-state index >= 15 is 0 Å². The average Bonchev–Trinajstić information content (AvgIpc) is 3.52. The number of carbonyl (C=O) groups is 2. The normalized spacial score (nSPS) is 13.9. The largest absolute Gasteiger partial charge is 0.493 e. The standard InChI is InChI=1S/C36H33NO5/c1-23-13-16-34-32(17-23)27(22-41-34)21-40-28-14-15-29(24(2)18-28)36(39)37-25(3)31(30-11-7-8-12-33(30)37)19-35(38)42-20-26-9-5-4-6-10-26/h4-18,27H,19-22H2,1-3H3/t27-/m1/s1. The molecule has 0 amide bonds. The third kappa shape index (κ3) is 5.40. The number of carbonyl (C=O) groups excluding carboxylic acids is 2. The first kappa shape index (κ1) is 27.3. The topological polar surface area (TPSA) is 66.8 Å². The number of esters is 1. The summed E-state index contributed by atoms with van der Waals surface area (Å²) in [5.74, 6) is 1.31. The summed E-state index contributed by atoms with van der Waals surface area (Å²) in [6.45, 7) is 7.18. The van der Waals surface area contributed by atoms with E-state index in [1.54, 1.807) is 4.57 Å². The number of hydrogen-bond acceptors (Lipinski definition) is 5. The number of ether oxygens (including phenoxy) is 3. The third-order valence-corrected chi connectivity index (χ3v) is 7.93. The molecular formula is C36H33NO5. The predicted molar refractivity (Wildman–Crippen MR) is 162 cm³/mol. The Bertz CT molecular complexity index is 1790. The molecule has 6 rings (SSSR count). The Morgan fingerprint density at radius 3 is 2.50 bits per heavy atom. The molecule has 0 spiro atoms. The highest BCUT2D eigenvalue weighted by molar-refractivity contribution is 6.05. The molecule has 0 saturated carbocycles. The first-order valence-electron chi connectivity index (χ1n) is 14.2. The van der Waals surface area contributed by atoms with Gasteiger partial charge in [0, 0.05) is 22.2 Å². The number of hydrogen-bond donors (Lipinski definition) is 0. The van der Waals surface area contributed by atoms with Crippen molar-refractivity contribution in [2.75, 3.05) is 13.2 Å². The van der Waals surface area contributed by atoms with Gasteiger partial charge in [0.2, 0.25) is 0 Å². The van der Waals surface area contributed by atoms with Gasteiger partial charge in [0.05, 0.1) is 31.1 Å². The molecule has 5 aromatic rings.